The summed E-state index contributed by atoms with van der Waals surface area (Å²) < 4.78 is 5.20. The van der Waals surface area contributed by atoms with Crippen LogP contribution in [0.3, 0.4) is 0 Å². The van der Waals surface area contributed by atoms with E-state index in [0.29, 0.717) is 25.3 Å². The van der Waals surface area contributed by atoms with Crippen molar-refractivity contribution in [2.24, 2.45) is 0 Å². The number of urea groups is 1. The third kappa shape index (κ3) is 4.95. The lowest BCUT2D eigenvalue weighted by Crippen LogP contribution is -2.47. The van der Waals surface area contributed by atoms with Crippen LogP contribution in [0.25, 0.3) is 0 Å². The Morgan fingerprint density at radius 3 is 2.70 bits per heavy atom. The Hall–Kier alpha value is -1.98. The number of carbonyl (C=O) groups excluding carboxylic acids is 1. The SMILES string of the molecule is CCCC[C@H](NC(=O)N(CC)Cc1ccco1)C(=O)O. The predicted molar refractivity (Wildman–Crippen MR) is 74.3 cm³/mol. The number of hydrogen-bond donors (Lipinski definition) is 2. The minimum atomic E-state index is -0.999. The molecular formula is C14H22N2O4. The number of aliphatic carboxylic acids is 1. The van der Waals surface area contributed by atoms with Gasteiger partial charge in [-0.2, -0.15) is 0 Å². The van der Waals surface area contributed by atoms with Gasteiger partial charge in [0.25, 0.3) is 0 Å². The lowest BCUT2D eigenvalue weighted by molar-refractivity contribution is -0.139. The highest BCUT2D eigenvalue weighted by atomic mass is 16.4. The Bertz CT molecular complexity index is 417. The number of carbonyl (C=O) groups is 2. The number of rotatable bonds is 8. The van der Waals surface area contributed by atoms with E-state index in [4.69, 9.17) is 9.52 Å². The lowest BCUT2D eigenvalue weighted by atomic mass is 10.1. The standard InChI is InChI=1S/C14H22N2O4/c1-3-5-8-12(13(17)18)15-14(19)16(4-2)10-11-7-6-9-20-11/h6-7,9,12H,3-5,8,10H2,1-2H3,(H,15,19)(H,17,18)/t12-/m0/s1. The summed E-state index contributed by atoms with van der Waals surface area (Å²) in [6, 6.07) is 2.31. The largest absolute Gasteiger partial charge is 0.480 e. The fraction of sp³-hybridized carbons (Fsp3) is 0.571. The lowest BCUT2D eigenvalue weighted by Gasteiger charge is -2.23. The van der Waals surface area contributed by atoms with E-state index in [9.17, 15) is 9.59 Å². The zero-order valence-electron chi connectivity index (χ0n) is 12.0. The molecule has 2 N–H and O–H groups in total. The van der Waals surface area contributed by atoms with Crippen molar-refractivity contribution in [3.05, 3.63) is 24.2 Å². The molecule has 0 fully saturated rings. The van der Waals surface area contributed by atoms with Crippen molar-refractivity contribution < 1.29 is 19.1 Å². The first-order valence-electron chi connectivity index (χ1n) is 6.89. The van der Waals surface area contributed by atoms with Crippen molar-refractivity contribution >= 4 is 12.0 Å². The molecule has 0 spiro atoms. The molecule has 0 radical (unpaired) electrons. The van der Waals surface area contributed by atoms with Crippen LogP contribution in [0.4, 0.5) is 4.79 Å². The summed E-state index contributed by atoms with van der Waals surface area (Å²) in [5.74, 6) is -0.330. The molecule has 0 unspecified atom stereocenters. The van der Waals surface area contributed by atoms with Gasteiger partial charge in [-0.25, -0.2) is 9.59 Å². The smallest absolute Gasteiger partial charge is 0.326 e. The van der Waals surface area contributed by atoms with Gasteiger partial charge in [0.05, 0.1) is 12.8 Å². The van der Waals surface area contributed by atoms with Crippen LogP contribution >= 0.6 is 0 Å². The highest BCUT2D eigenvalue weighted by Crippen LogP contribution is 2.07. The van der Waals surface area contributed by atoms with Gasteiger partial charge >= 0.3 is 12.0 Å². The van der Waals surface area contributed by atoms with E-state index in [1.54, 1.807) is 18.4 Å². The molecule has 20 heavy (non-hydrogen) atoms. The Morgan fingerprint density at radius 2 is 2.20 bits per heavy atom. The fourth-order valence-corrected chi connectivity index (χ4v) is 1.82. The van der Waals surface area contributed by atoms with Gasteiger partial charge in [-0.15, -0.1) is 0 Å². The monoisotopic (exact) mass is 282 g/mol. The average Bonchev–Trinajstić information content (AvgIpc) is 2.93. The highest BCUT2D eigenvalue weighted by molar-refractivity contribution is 5.82. The molecule has 0 saturated carbocycles. The third-order valence-corrected chi connectivity index (χ3v) is 3.04. The van der Waals surface area contributed by atoms with Crippen molar-refractivity contribution in [1.29, 1.82) is 0 Å². The van der Waals surface area contributed by atoms with Crippen LogP contribution in [0.1, 0.15) is 38.9 Å². The Kier molecular flexibility index (Phi) is 6.63. The number of hydrogen-bond acceptors (Lipinski definition) is 3. The number of carboxylic acid groups (broad SMARTS) is 1. The summed E-state index contributed by atoms with van der Waals surface area (Å²) in [5, 5.41) is 11.7. The number of nitrogens with one attached hydrogen (secondary N) is 1. The minimum Gasteiger partial charge on any atom is -0.480 e. The van der Waals surface area contributed by atoms with Crippen molar-refractivity contribution in [2.45, 2.75) is 45.7 Å². The summed E-state index contributed by atoms with van der Waals surface area (Å²) in [6.07, 6.45) is 3.64. The Balaban J connectivity index is 2.58. The molecule has 0 aliphatic heterocycles. The van der Waals surface area contributed by atoms with E-state index in [0.717, 1.165) is 12.8 Å². The molecule has 1 heterocycles. The third-order valence-electron chi connectivity index (χ3n) is 3.04. The van der Waals surface area contributed by atoms with E-state index < -0.39 is 12.0 Å². The van der Waals surface area contributed by atoms with Gasteiger partial charge in [-0.1, -0.05) is 19.8 Å². The van der Waals surface area contributed by atoms with Crippen LogP contribution in [-0.2, 0) is 11.3 Å². The van der Waals surface area contributed by atoms with Gasteiger partial charge in [0.15, 0.2) is 0 Å². The molecule has 0 aliphatic rings. The predicted octanol–water partition coefficient (Wildman–Crippen LogP) is 2.45. The first kappa shape index (κ1) is 16.1. The van der Waals surface area contributed by atoms with Crippen LogP contribution in [0.15, 0.2) is 22.8 Å². The molecule has 6 nitrogen and oxygen atoms in total. The normalized spacial score (nSPS) is 11.9. The first-order valence-corrected chi connectivity index (χ1v) is 6.89. The quantitative estimate of drug-likeness (QED) is 0.767. The van der Waals surface area contributed by atoms with Crippen LogP contribution in [0.2, 0.25) is 0 Å². The van der Waals surface area contributed by atoms with Gasteiger partial charge in [0.1, 0.15) is 11.8 Å². The molecular weight excluding hydrogens is 260 g/mol. The van der Waals surface area contributed by atoms with E-state index in [1.807, 2.05) is 13.8 Å². The Labute approximate surface area is 118 Å². The zero-order chi connectivity index (χ0) is 15.0. The van der Waals surface area contributed by atoms with Crippen LogP contribution in [0, 0.1) is 0 Å². The molecule has 0 aliphatic carbocycles. The van der Waals surface area contributed by atoms with E-state index in [-0.39, 0.29) is 6.03 Å². The second kappa shape index (κ2) is 8.24. The summed E-state index contributed by atoms with van der Waals surface area (Å²) in [7, 11) is 0. The van der Waals surface area contributed by atoms with E-state index in [1.165, 1.54) is 4.90 Å². The van der Waals surface area contributed by atoms with Crippen molar-refractivity contribution in [3.8, 4) is 0 Å². The summed E-state index contributed by atoms with van der Waals surface area (Å²) in [4.78, 5) is 24.7. The fourth-order valence-electron chi connectivity index (χ4n) is 1.82. The molecule has 0 bridgehead atoms. The molecule has 0 saturated heterocycles. The second-order valence-electron chi connectivity index (χ2n) is 4.58. The first-order chi connectivity index (χ1) is 9.58. The maximum Gasteiger partial charge on any atom is 0.326 e. The highest BCUT2D eigenvalue weighted by Gasteiger charge is 2.22. The van der Waals surface area contributed by atoms with E-state index in [2.05, 4.69) is 5.32 Å². The number of amides is 2. The molecule has 2 amide bonds. The molecule has 1 aromatic rings. The average molecular weight is 282 g/mol. The summed E-state index contributed by atoms with van der Waals surface area (Å²) >= 11 is 0. The maximum atomic E-state index is 12.1. The van der Waals surface area contributed by atoms with Crippen molar-refractivity contribution in [1.82, 2.24) is 10.2 Å². The summed E-state index contributed by atoms with van der Waals surface area (Å²) in [6.45, 7) is 4.63. The second-order valence-corrected chi connectivity index (χ2v) is 4.58. The topological polar surface area (TPSA) is 82.8 Å². The Morgan fingerprint density at radius 1 is 1.45 bits per heavy atom. The van der Waals surface area contributed by atoms with Gasteiger partial charge in [-0.3, -0.25) is 0 Å². The molecule has 1 rings (SSSR count). The number of furan rings is 1. The van der Waals surface area contributed by atoms with Crippen LogP contribution in [-0.4, -0.2) is 34.6 Å². The van der Waals surface area contributed by atoms with Gasteiger partial charge in [0, 0.05) is 6.54 Å². The summed E-state index contributed by atoms with van der Waals surface area (Å²) in [5.41, 5.74) is 0. The van der Waals surface area contributed by atoms with Gasteiger partial charge in [0.2, 0.25) is 0 Å². The van der Waals surface area contributed by atoms with Crippen molar-refractivity contribution in [3.63, 3.8) is 0 Å². The maximum absolute atomic E-state index is 12.1. The molecule has 6 heteroatoms. The van der Waals surface area contributed by atoms with Gasteiger partial charge < -0.3 is 19.7 Å². The number of unbranched alkanes of at least 4 members (excludes halogenated alkanes) is 1. The molecule has 1 aromatic heterocycles. The van der Waals surface area contributed by atoms with Crippen LogP contribution < -0.4 is 5.32 Å². The van der Waals surface area contributed by atoms with Gasteiger partial charge in [-0.05, 0) is 25.5 Å². The molecule has 112 valence electrons. The minimum absolute atomic E-state index is 0.329. The molecule has 1 atom stereocenters. The van der Waals surface area contributed by atoms with Crippen LogP contribution in [0.5, 0.6) is 0 Å². The number of carboxylic acids is 1. The number of nitrogens with zero attached hydrogens (tertiary/aromatic N) is 1. The molecule has 0 aromatic carbocycles. The zero-order valence-corrected chi connectivity index (χ0v) is 12.0. The van der Waals surface area contributed by atoms with E-state index >= 15 is 0 Å². The van der Waals surface area contributed by atoms with Crippen molar-refractivity contribution in [2.75, 3.05) is 6.54 Å².